The molecule has 5 heteroatoms. The van der Waals surface area contributed by atoms with Crippen molar-refractivity contribution in [3.8, 4) is 0 Å². The van der Waals surface area contributed by atoms with Crippen LogP contribution in [0.25, 0.3) is 0 Å². The second-order valence-corrected chi connectivity index (χ2v) is 5.19. The summed E-state index contributed by atoms with van der Waals surface area (Å²) in [6, 6.07) is 8.25. The number of amides is 2. The first-order valence-electron chi connectivity index (χ1n) is 6.95. The molecular formula is C15H17N3O2. The number of nitrogens with zero attached hydrogens (tertiary/aromatic N) is 2. The molecule has 0 saturated heterocycles. The van der Waals surface area contributed by atoms with Crippen LogP contribution in [0.4, 0.5) is 0 Å². The van der Waals surface area contributed by atoms with Gasteiger partial charge in [-0.1, -0.05) is 24.3 Å². The Morgan fingerprint density at radius 1 is 1.15 bits per heavy atom. The molecule has 5 nitrogen and oxygen atoms in total. The summed E-state index contributed by atoms with van der Waals surface area (Å²) < 4.78 is 0. The van der Waals surface area contributed by atoms with E-state index in [4.69, 9.17) is 0 Å². The van der Waals surface area contributed by atoms with Gasteiger partial charge in [-0.2, -0.15) is 5.10 Å². The molecule has 2 heterocycles. The smallest absolute Gasteiger partial charge is 0.270 e. The van der Waals surface area contributed by atoms with Gasteiger partial charge < -0.3 is 4.90 Å². The molecule has 104 valence electrons. The van der Waals surface area contributed by atoms with Crippen molar-refractivity contribution >= 4 is 17.5 Å². The number of fused-ring (bicyclic) bond motifs is 1. The van der Waals surface area contributed by atoms with Crippen LogP contribution in [0.2, 0.25) is 0 Å². The average Bonchev–Trinajstić information content (AvgIpc) is 2.69. The summed E-state index contributed by atoms with van der Waals surface area (Å²) in [5.74, 6) is -0.176. The third kappa shape index (κ3) is 2.57. The van der Waals surface area contributed by atoms with E-state index in [2.05, 4.69) is 22.7 Å². The van der Waals surface area contributed by atoms with Crippen LogP contribution in [0.5, 0.6) is 0 Å². The summed E-state index contributed by atoms with van der Waals surface area (Å²) in [5, 5.41) is 3.90. The number of carbonyl (C=O) groups excluding carboxylic acids is 2. The van der Waals surface area contributed by atoms with Crippen LogP contribution >= 0.6 is 0 Å². The zero-order valence-corrected chi connectivity index (χ0v) is 11.3. The zero-order valence-electron chi connectivity index (χ0n) is 11.3. The lowest BCUT2D eigenvalue weighted by Gasteiger charge is -2.22. The Morgan fingerprint density at radius 2 is 1.95 bits per heavy atom. The highest BCUT2D eigenvalue weighted by Gasteiger charge is 2.25. The fraction of sp³-hybridized carbons (Fsp3) is 0.400. The Balaban J connectivity index is 1.77. The molecule has 0 unspecified atom stereocenters. The van der Waals surface area contributed by atoms with E-state index in [1.807, 2.05) is 17.0 Å². The third-order valence-corrected chi connectivity index (χ3v) is 3.79. The lowest BCUT2D eigenvalue weighted by atomic mass is 10.0. The number of benzene rings is 1. The molecule has 2 aliphatic rings. The molecule has 0 fully saturated rings. The molecule has 0 atom stereocenters. The van der Waals surface area contributed by atoms with Gasteiger partial charge in [0.2, 0.25) is 5.91 Å². The molecule has 2 aliphatic heterocycles. The van der Waals surface area contributed by atoms with Crippen molar-refractivity contribution in [2.75, 3.05) is 6.54 Å². The highest BCUT2D eigenvalue weighted by molar-refractivity contribution is 6.39. The molecule has 2 amide bonds. The summed E-state index contributed by atoms with van der Waals surface area (Å²) in [4.78, 5) is 25.4. The largest absolute Gasteiger partial charge is 0.333 e. The van der Waals surface area contributed by atoms with E-state index in [-0.39, 0.29) is 11.8 Å². The number of rotatable bonds is 1. The maximum absolute atomic E-state index is 12.5. The first kappa shape index (κ1) is 12.8. The molecule has 1 aromatic rings. The van der Waals surface area contributed by atoms with Crippen LogP contribution in [-0.4, -0.2) is 29.0 Å². The Hall–Kier alpha value is -2.17. The number of nitrogens with one attached hydrogen (secondary N) is 1. The van der Waals surface area contributed by atoms with Crippen molar-refractivity contribution in [2.24, 2.45) is 5.10 Å². The van der Waals surface area contributed by atoms with Crippen molar-refractivity contribution in [2.45, 2.75) is 32.2 Å². The molecule has 20 heavy (non-hydrogen) atoms. The fourth-order valence-electron chi connectivity index (χ4n) is 2.68. The van der Waals surface area contributed by atoms with E-state index in [0.717, 1.165) is 19.4 Å². The van der Waals surface area contributed by atoms with E-state index >= 15 is 0 Å². The Bertz CT molecular complexity index is 580. The monoisotopic (exact) mass is 271 g/mol. The number of hydrazone groups is 1. The summed E-state index contributed by atoms with van der Waals surface area (Å²) >= 11 is 0. The molecule has 0 aromatic heterocycles. The molecule has 0 radical (unpaired) electrons. The van der Waals surface area contributed by atoms with Crippen LogP contribution in [0, 0.1) is 0 Å². The van der Waals surface area contributed by atoms with Crippen molar-refractivity contribution < 1.29 is 9.59 Å². The Morgan fingerprint density at radius 3 is 2.70 bits per heavy atom. The first-order chi connectivity index (χ1) is 9.74. The van der Waals surface area contributed by atoms with Gasteiger partial charge in [-0.05, 0) is 24.0 Å². The number of hydrogen-bond acceptors (Lipinski definition) is 3. The van der Waals surface area contributed by atoms with Crippen LogP contribution in [0.15, 0.2) is 29.4 Å². The Kier molecular flexibility index (Phi) is 3.50. The topological polar surface area (TPSA) is 61.8 Å². The quantitative estimate of drug-likeness (QED) is 0.835. The van der Waals surface area contributed by atoms with Crippen LogP contribution in [0.3, 0.4) is 0 Å². The molecule has 0 bridgehead atoms. The maximum atomic E-state index is 12.5. The predicted octanol–water partition coefficient (Wildman–Crippen LogP) is 1.23. The Labute approximate surface area is 117 Å². The van der Waals surface area contributed by atoms with E-state index in [1.54, 1.807) is 0 Å². The molecular weight excluding hydrogens is 254 g/mol. The number of carbonyl (C=O) groups is 2. The molecule has 0 saturated carbocycles. The van der Waals surface area contributed by atoms with E-state index < -0.39 is 0 Å². The summed E-state index contributed by atoms with van der Waals surface area (Å²) in [6.07, 6.45) is 2.74. The van der Waals surface area contributed by atoms with E-state index in [9.17, 15) is 9.59 Å². The number of hydrogen-bond donors (Lipinski definition) is 1. The van der Waals surface area contributed by atoms with Crippen LogP contribution in [0.1, 0.15) is 30.4 Å². The molecule has 3 rings (SSSR count). The molecule has 0 spiro atoms. The minimum absolute atomic E-state index is 0.0540. The summed E-state index contributed by atoms with van der Waals surface area (Å²) in [7, 11) is 0. The van der Waals surface area contributed by atoms with Crippen molar-refractivity contribution in [3.05, 3.63) is 35.4 Å². The van der Waals surface area contributed by atoms with Gasteiger partial charge in [0.1, 0.15) is 5.71 Å². The second-order valence-electron chi connectivity index (χ2n) is 5.19. The highest BCUT2D eigenvalue weighted by atomic mass is 16.2. The molecule has 1 aromatic carbocycles. The third-order valence-electron chi connectivity index (χ3n) is 3.79. The number of aryl methyl sites for hydroxylation is 1. The van der Waals surface area contributed by atoms with Gasteiger partial charge in [0.25, 0.3) is 5.91 Å². The van der Waals surface area contributed by atoms with Crippen molar-refractivity contribution in [1.82, 2.24) is 10.3 Å². The van der Waals surface area contributed by atoms with Crippen LogP contribution < -0.4 is 5.43 Å². The standard InChI is InChI=1S/C15H17N3O2/c19-14-8-7-13(16-17-14)15(20)18-9-3-6-11-4-1-2-5-12(11)10-18/h1-2,4-5H,3,6-10H2,(H,17,19). The molecule has 1 N–H and O–H groups in total. The lowest BCUT2D eigenvalue weighted by molar-refractivity contribution is -0.125. The predicted molar refractivity (Wildman–Crippen MR) is 75.0 cm³/mol. The lowest BCUT2D eigenvalue weighted by Crippen LogP contribution is -2.40. The highest BCUT2D eigenvalue weighted by Crippen LogP contribution is 2.19. The average molecular weight is 271 g/mol. The molecule has 0 aliphatic carbocycles. The van der Waals surface area contributed by atoms with Gasteiger partial charge in [-0.3, -0.25) is 9.59 Å². The normalized spacial score (nSPS) is 18.7. The summed E-state index contributed by atoms with van der Waals surface area (Å²) in [6.45, 7) is 1.36. The summed E-state index contributed by atoms with van der Waals surface area (Å²) in [5.41, 5.74) is 5.38. The zero-order chi connectivity index (χ0) is 13.9. The first-order valence-corrected chi connectivity index (χ1v) is 6.95. The van der Waals surface area contributed by atoms with E-state index in [1.165, 1.54) is 11.1 Å². The van der Waals surface area contributed by atoms with Gasteiger partial charge in [0.05, 0.1) is 0 Å². The maximum Gasteiger partial charge on any atom is 0.270 e. The van der Waals surface area contributed by atoms with Gasteiger partial charge >= 0.3 is 0 Å². The minimum Gasteiger partial charge on any atom is -0.333 e. The van der Waals surface area contributed by atoms with Crippen molar-refractivity contribution in [3.63, 3.8) is 0 Å². The fourth-order valence-corrected chi connectivity index (χ4v) is 2.68. The van der Waals surface area contributed by atoms with Crippen LogP contribution in [-0.2, 0) is 22.6 Å². The van der Waals surface area contributed by atoms with E-state index in [0.29, 0.717) is 25.1 Å². The SMILES string of the molecule is O=C1CCC(C(=O)N2CCCc3ccccc3C2)=NN1. The van der Waals surface area contributed by atoms with Gasteiger partial charge in [-0.25, -0.2) is 5.43 Å². The van der Waals surface area contributed by atoms with Gasteiger partial charge in [-0.15, -0.1) is 0 Å². The van der Waals surface area contributed by atoms with Crippen molar-refractivity contribution in [1.29, 1.82) is 0 Å². The minimum atomic E-state index is -0.122. The van der Waals surface area contributed by atoms with Gasteiger partial charge in [0.15, 0.2) is 0 Å². The van der Waals surface area contributed by atoms with Gasteiger partial charge in [0, 0.05) is 25.9 Å². The second kappa shape index (κ2) is 5.45.